The maximum atomic E-state index is 12.0. The zero-order valence-electron chi connectivity index (χ0n) is 10.7. The third kappa shape index (κ3) is 3.23. The van der Waals surface area contributed by atoms with Crippen molar-refractivity contribution in [3.8, 4) is 5.75 Å². The van der Waals surface area contributed by atoms with Gasteiger partial charge in [0.05, 0.1) is 0 Å². The van der Waals surface area contributed by atoms with E-state index >= 15 is 0 Å². The molecule has 0 bridgehead atoms. The van der Waals surface area contributed by atoms with Crippen molar-refractivity contribution in [2.75, 3.05) is 13.1 Å². The highest BCUT2D eigenvalue weighted by Crippen LogP contribution is 2.20. The van der Waals surface area contributed by atoms with Crippen molar-refractivity contribution in [2.45, 2.75) is 25.8 Å². The highest BCUT2D eigenvalue weighted by Gasteiger charge is 2.26. The van der Waals surface area contributed by atoms with Crippen LogP contribution in [0.1, 0.15) is 19.8 Å². The number of nitrogens with zero attached hydrogens (tertiary/aromatic N) is 1. The lowest BCUT2D eigenvalue weighted by Gasteiger charge is -2.33. The van der Waals surface area contributed by atoms with Gasteiger partial charge in [-0.25, -0.2) is 4.79 Å². The Morgan fingerprint density at radius 2 is 2.17 bits per heavy atom. The fraction of sp³-hybridized carbons (Fsp3) is 0.500. The van der Waals surface area contributed by atoms with Crippen LogP contribution in [0, 0.1) is 5.92 Å². The van der Waals surface area contributed by atoms with Crippen molar-refractivity contribution < 1.29 is 9.53 Å². The van der Waals surface area contributed by atoms with Crippen LogP contribution in [0.15, 0.2) is 30.3 Å². The molecule has 2 N–H and O–H groups in total. The summed E-state index contributed by atoms with van der Waals surface area (Å²) in [6, 6.07) is 9.28. The van der Waals surface area contributed by atoms with E-state index in [-0.39, 0.29) is 12.1 Å². The van der Waals surface area contributed by atoms with Gasteiger partial charge in [0.2, 0.25) is 0 Å². The number of carbonyl (C=O) groups excluding carboxylic acids is 1. The number of hydrogen-bond donors (Lipinski definition) is 1. The number of carbonyl (C=O) groups is 1. The summed E-state index contributed by atoms with van der Waals surface area (Å²) in [6.07, 6.45) is 1.81. The maximum Gasteiger partial charge on any atom is 0.415 e. The highest BCUT2D eigenvalue weighted by molar-refractivity contribution is 5.70. The summed E-state index contributed by atoms with van der Waals surface area (Å²) in [4.78, 5) is 13.8. The minimum absolute atomic E-state index is 0.123. The number of benzene rings is 1. The lowest BCUT2D eigenvalue weighted by Crippen LogP contribution is -2.46. The van der Waals surface area contributed by atoms with Crippen LogP contribution >= 0.6 is 0 Å². The standard InChI is InChI=1S/C14H20N2O2/c1-11(15)12-6-5-9-16(10-12)14(17)18-13-7-3-2-4-8-13/h2-4,7-8,11-12H,5-6,9-10,15H2,1H3. The third-order valence-electron chi connectivity index (χ3n) is 3.41. The molecule has 1 aliphatic rings. The van der Waals surface area contributed by atoms with Crippen molar-refractivity contribution in [3.63, 3.8) is 0 Å². The van der Waals surface area contributed by atoms with Gasteiger partial charge in [-0.2, -0.15) is 0 Å². The molecule has 2 unspecified atom stereocenters. The quantitative estimate of drug-likeness (QED) is 0.873. The van der Waals surface area contributed by atoms with Gasteiger partial charge in [-0.15, -0.1) is 0 Å². The fourth-order valence-electron chi connectivity index (χ4n) is 2.26. The van der Waals surface area contributed by atoms with Crippen LogP contribution in [0.4, 0.5) is 4.79 Å². The van der Waals surface area contributed by atoms with Crippen LogP contribution < -0.4 is 10.5 Å². The molecule has 0 aromatic heterocycles. The van der Waals surface area contributed by atoms with Gasteiger partial charge < -0.3 is 15.4 Å². The Morgan fingerprint density at radius 1 is 1.44 bits per heavy atom. The molecule has 98 valence electrons. The Kier molecular flexibility index (Phi) is 4.20. The molecule has 1 aromatic rings. The number of likely N-dealkylation sites (tertiary alicyclic amines) is 1. The van der Waals surface area contributed by atoms with Crippen molar-refractivity contribution in [1.82, 2.24) is 4.90 Å². The van der Waals surface area contributed by atoms with Gasteiger partial charge in [0.15, 0.2) is 0 Å². The highest BCUT2D eigenvalue weighted by atomic mass is 16.6. The third-order valence-corrected chi connectivity index (χ3v) is 3.41. The van der Waals surface area contributed by atoms with E-state index in [2.05, 4.69) is 0 Å². The van der Waals surface area contributed by atoms with Gasteiger partial charge in [0.1, 0.15) is 5.75 Å². The first-order valence-electron chi connectivity index (χ1n) is 6.44. The van der Waals surface area contributed by atoms with Gasteiger partial charge in [-0.05, 0) is 37.8 Å². The second-order valence-corrected chi connectivity index (χ2v) is 4.89. The Morgan fingerprint density at radius 3 is 2.83 bits per heavy atom. The summed E-state index contributed by atoms with van der Waals surface area (Å²) < 4.78 is 5.33. The summed E-state index contributed by atoms with van der Waals surface area (Å²) in [5, 5.41) is 0. The first-order chi connectivity index (χ1) is 8.66. The van der Waals surface area contributed by atoms with Gasteiger partial charge in [-0.1, -0.05) is 18.2 Å². The van der Waals surface area contributed by atoms with E-state index in [1.54, 1.807) is 17.0 Å². The number of para-hydroxylation sites is 1. The van der Waals surface area contributed by atoms with Crippen LogP contribution in [-0.4, -0.2) is 30.1 Å². The zero-order valence-corrected chi connectivity index (χ0v) is 10.7. The average molecular weight is 248 g/mol. The van der Waals surface area contributed by atoms with Crippen molar-refractivity contribution in [3.05, 3.63) is 30.3 Å². The summed E-state index contributed by atoms with van der Waals surface area (Å²) in [5.74, 6) is 0.965. The molecule has 0 aliphatic carbocycles. The monoisotopic (exact) mass is 248 g/mol. The molecular weight excluding hydrogens is 228 g/mol. The fourth-order valence-corrected chi connectivity index (χ4v) is 2.26. The van der Waals surface area contributed by atoms with Gasteiger partial charge >= 0.3 is 6.09 Å². The van der Waals surface area contributed by atoms with Gasteiger partial charge in [0, 0.05) is 19.1 Å². The molecule has 2 rings (SSSR count). The lowest BCUT2D eigenvalue weighted by atomic mass is 9.92. The molecule has 2 atom stereocenters. The number of nitrogens with two attached hydrogens (primary N) is 1. The van der Waals surface area contributed by atoms with E-state index in [4.69, 9.17) is 10.5 Å². The maximum absolute atomic E-state index is 12.0. The number of amides is 1. The zero-order chi connectivity index (χ0) is 13.0. The molecule has 0 spiro atoms. The summed E-state index contributed by atoms with van der Waals surface area (Å²) in [7, 11) is 0. The second kappa shape index (κ2) is 5.87. The molecule has 0 radical (unpaired) electrons. The number of ether oxygens (including phenoxy) is 1. The minimum atomic E-state index is -0.272. The minimum Gasteiger partial charge on any atom is -0.410 e. The molecule has 0 saturated carbocycles. The average Bonchev–Trinajstić information content (AvgIpc) is 2.40. The Hall–Kier alpha value is -1.55. The summed E-state index contributed by atoms with van der Waals surface area (Å²) in [6.45, 7) is 3.45. The number of hydrogen-bond acceptors (Lipinski definition) is 3. The van der Waals surface area contributed by atoms with Gasteiger partial charge in [-0.3, -0.25) is 0 Å². The lowest BCUT2D eigenvalue weighted by molar-refractivity contribution is 0.122. The predicted octanol–water partition coefficient (Wildman–Crippen LogP) is 2.24. The van der Waals surface area contributed by atoms with Crippen LogP contribution in [0.3, 0.4) is 0 Å². The SMILES string of the molecule is CC(N)C1CCCN(C(=O)Oc2ccccc2)C1. The molecule has 1 aromatic carbocycles. The molecule has 4 nitrogen and oxygen atoms in total. The van der Waals surface area contributed by atoms with E-state index in [0.717, 1.165) is 19.4 Å². The van der Waals surface area contributed by atoms with E-state index in [1.807, 2.05) is 25.1 Å². The van der Waals surface area contributed by atoms with Crippen LogP contribution in [0.25, 0.3) is 0 Å². The van der Waals surface area contributed by atoms with Crippen LogP contribution in [0.5, 0.6) is 5.75 Å². The molecule has 1 aliphatic heterocycles. The topological polar surface area (TPSA) is 55.6 Å². The molecule has 1 heterocycles. The van der Waals surface area contributed by atoms with E-state index in [9.17, 15) is 4.79 Å². The number of rotatable bonds is 2. The van der Waals surface area contributed by atoms with E-state index < -0.39 is 0 Å². The number of piperidine rings is 1. The molecule has 18 heavy (non-hydrogen) atoms. The predicted molar refractivity (Wildman–Crippen MR) is 70.4 cm³/mol. The van der Waals surface area contributed by atoms with Crippen LogP contribution in [-0.2, 0) is 0 Å². The van der Waals surface area contributed by atoms with Crippen molar-refractivity contribution in [2.24, 2.45) is 11.7 Å². The Bertz CT molecular complexity index is 392. The molecular formula is C14H20N2O2. The molecule has 1 fully saturated rings. The first kappa shape index (κ1) is 12.9. The Labute approximate surface area is 108 Å². The molecule has 1 amide bonds. The van der Waals surface area contributed by atoms with Crippen molar-refractivity contribution >= 4 is 6.09 Å². The van der Waals surface area contributed by atoms with E-state index in [1.165, 1.54) is 0 Å². The summed E-state index contributed by atoms with van der Waals surface area (Å²) in [5.41, 5.74) is 5.90. The molecule has 4 heteroatoms. The van der Waals surface area contributed by atoms with Crippen LogP contribution in [0.2, 0.25) is 0 Å². The normalized spacial score (nSPS) is 21.4. The summed E-state index contributed by atoms with van der Waals surface area (Å²) >= 11 is 0. The van der Waals surface area contributed by atoms with Crippen molar-refractivity contribution in [1.29, 1.82) is 0 Å². The van der Waals surface area contributed by atoms with E-state index in [0.29, 0.717) is 18.2 Å². The largest absolute Gasteiger partial charge is 0.415 e. The second-order valence-electron chi connectivity index (χ2n) is 4.89. The molecule has 1 saturated heterocycles. The Balaban J connectivity index is 1.93. The van der Waals surface area contributed by atoms with Gasteiger partial charge in [0.25, 0.3) is 0 Å². The smallest absolute Gasteiger partial charge is 0.410 e. The first-order valence-corrected chi connectivity index (χ1v) is 6.44.